The van der Waals surface area contributed by atoms with Crippen molar-refractivity contribution in [2.24, 2.45) is 7.05 Å². The van der Waals surface area contributed by atoms with Crippen molar-refractivity contribution in [3.8, 4) is 11.3 Å². The van der Waals surface area contributed by atoms with Crippen LogP contribution in [0.1, 0.15) is 34.4 Å². The number of halogens is 3. The average molecular weight is 440 g/mol. The lowest BCUT2D eigenvalue weighted by molar-refractivity contribution is -0.142. The number of alkyl halides is 3. The number of aromatic nitrogens is 5. The quantitative estimate of drug-likeness (QED) is 0.472. The zero-order valence-electron chi connectivity index (χ0n) is 17.6. The maximum absolute atomic E-state index is 13.9. The molecule has 7 nitrogen and oxygen atoms in total. The zero-order chi connectivity index (χ0) is 22.8. The Hall–Kier alpha value is -3.69. The highest BCUT2D eigenvalue weighted by Gasteiger charge is 2.37. The Morgan fingerprint density at radius 3 is 2.59 bits per heavy atom. The number of benzene rings is 1. The van der Waals surface area contributed by atoms with E-state index in [1.165, 1.54) is 10.7 Å². The van der Waals surface area contributed by atoms with Crippen LogP contribution < -0.4 is 4.90 Å². The molecule has 164 valence electrons. The molecular formula is C22H19F3N6O. The van der Waals surface area contributed by atoms with Crippen molar-refractivity contribution in [2.75, 3.05) is 4.90 Å². The normalized spacial score (nSPS) is 16.1. The molecule has 3 aromatic heterocycles. The number of para-hydroxylation sites is 1. The number of aryl methyl sites for hydroxylation is 2. The second-order valence-corrected chi connectivity index (χ2v) is 7.98. The predicted molar refractivity (Wildman–Crippen MR) is 111 cm³/mol. The summed E-state index contributed by atoms with van der Waals surface area (Å²) in [7, 11) is 1.68. The Balaban J connectivity index is 1.65. The van der Waals surface area contributed by atoms with E-state index >= 15 is 0 Å². The summed E-state index contributed by atoms with van der Waals surface area (Å²) < 4.78 is 43.9. The van der Waals surface area contributed by atoms with Crippen molar-refractivity contribution in [3.05, 3.63) is 65.2 Å². The molecule has 0 bridgehead atoms. The first-order valence-corrected chi connectivity index (χ1v) is 10.0. The van der Waals surface area contributed by atoms with E-state index in [2.05, 4.69) is 15.2 Å². The first-order chi connectivity index (χ1) is 15.1. The topological polar surface area (TPSA) is 68.3 Å². The number of carbonyl (C=O) groups is 1. The number of hydrogen-bond acceptors (Lipinski definition) is 4. The van der Waals surface area contributed by atoms with Gasteiger partial charge in [-0.25, -0.2) is 9.50 Å². The van der Waals surface area contributed by atoms with E-state index in [1.54, 1.807) is 25.1 Å². The van der Waals surface area contributed by atoms with Gasteiger partial charge in [0.2, 0.25) is 0 Å². The summed E-state index contributed by atoms with van der Waals surface area (Å²) in [6.45, 7) is 3.60. The smallest absolute Gasteiger partial charge is 0.304 e. The zero-order valence-corrected chi connectivity index (χ0v) is 17.6. The van der Waals surface area contributed by atoms with E-state index in [4.69, 9.17) is 0 Å². The molecule has 0 saturated heterocycles. The number of nitrogens with zero attached hydrogens (tertiary/aromatic N) is 6. The second kappa shape index (κ2) is 6.91. The highest BCUT2D eigenvalue weighted by Crippen LogP contribution is 2.35. The van der Waals surface area contributed by atoms with Crippen molar-refractivity contribution >= 4 is 17.2 Å². The van der Waals surface area contributed by atoms with Crippen molar-refractivity contribution in [1.82, 2.24) is 24.4 Å². The van der Waals surface area contributed by atoms with E-state index in [1.807, 2.05) is 31.2 Å². The highest BCUT2D eigenvalue weighted by atomic mass is 19.4. The molecular weight excluding hydrogens is 421 g/mol. The molecule has 0 radical (unpaired) electrons. The standard InChI is InChI=1S/C22H19F3N6O/c1-12-8-14-6-4-5-7-18(14)30(12)21(32)17-10-20-26-16(15-11-29(3)27-13(15)2)9-19(22(23,24)25)31(20)28-17/h4-7,9-12H,8H2,1-3H3/t12-/m0/s1. The minimum absolute atomic E-state index is 0.0541. The fourth-order valence-electron chi connectivity index (χ4n) is 4.27. The molecule has 1 amide bonds. The van der Waals surface area contributed by atoms with Crippen LogP contribution in [0.2, 0.25) is 0 Å². The maximum Gasteiger partial charge on any atom is 0.433 e. The molecule has 32 heavy (non-hydrogen) atoms. The molecule has 1 atom stereocenters. The van der Waals surface area contributed by atoms with E-state index in [0.29, 0.717) is 22.2 Å². The van der Waals surface area contributed by atoms with Crippen LogP contribution in [0.3, 0.4) is 0 Å². The van der Waals surface area contributed by atoms with Gasteiger partial charge in [-0.2, -0.15) is 23.4 Å². The molecule has 4 aromatic rings. The molecule has 5 rings (SSSR count). The van der Waals surface area contributed by atoms with Crippen molar-refractivity contribution in [3.63, 3.8) is 0 Å². The van der Waals surface area contributed by atoms with Gasteiger partial charge in [0.1, 0.15) is 0 Å². The third-order valence-electron chi connectivity index (χ3n) is 5.65. The molecule has 10 heteroatoms. The summed E-state index contributed by atoms with van der Waals surface area (Å²) >= 11 is 0. The number of rotatable bonds is 2. The lowest BCUT2D eigenvalue weighted by atomic mass is 10.1. The van der Waals surface area contributed by atoms with E-state index in [9.17, 15) is 18.0 Å². The highest BCUT2D eigenvalue weighted by molar-refractivity contribution is 6.07. The van der Waals surface area contributed by atoms with Crippen LogP contribution >= 0.6 is 0 Å². The average Bonchev–Trinajstić information content (AvgIpc) is 3.39. The Bertz CT molecular complexity index is 1370. The molecule has 0 fully saturated rings. The summed E-state index contributed by atoms with van der Waals surface area (Å²) in [4.78, 5) is 19.2. The van der Waals surface area contributed by atoms with Crippen LogP contribution in [0, 0.1) is 6.92 Å². The number of carbonyl (C=O) groups excluding carboxylic acids is 1. The molecule has 0 spiro atoms. The number of anilines is 1. The number of amides is 1. The lowest BCUT2D eigenvalue weighted by Crippen LogP contribution is -2.36. The molecule has 1 aromatic carbocycles. The summed E-state index contributed by atoms with van der Waals surface area (Å²) in [6, 6.07) is 9.60. The lowest BCUT2D eigenvalue weighted by Gasteiger charge is -2.21. The molecule has 4 heterocycles. The van der Waals surface area contributed by atoms with Crippen molar-refractivity contribution < 1.29 is 18.0 Å². The Kier molecular flexibility index (Phi) is 4.37. The largest absolute Gasteiger partial charge is 0.433 e. The number of fused-ring (bicyclic) bond motifs is 2. The van der Waals surface area contributed by atoms with Gasteiger partial charge in [-0.15, -0.1) is 0 Å². The van der Waals surface area contributed by atoms with Crippen LogP contribution in [0.25, 0.3) is 16.9 Å². The molecule has 0 saturated carbocycles. The first kappa shape index (κ1) is 20.2. The number of hydrogen-bond donors (Lipinski definition) is 0. The van der Waals surface area contributed by atoms with E-state index in [-0.39, 0.29) is 23.1 Å². The summed E-state index contributed by atoms with van der Waals surface area (Å²) in [5.74, 6) is -0.458. The van der Waals surface area contributed by atoms with Gasteiger partial charge < -0.3 is 4.90 Å². The molecule has 0 aliphatic carbocycles. The molecule has 0 unspecified atom stereocenters. The summed E-state index contributed by atoms with van der Waals surface area (Å²) in [6.07, 6.45) is -2.41. The summed E-state index contributed by atoms with van der Waals surface area (Å²) in [5.41, 5.74) is 1.77. The predicted octanol–water partition coefficient (Wildman–Crippen LogP) is 4.05. The maximum atomic E-state index is 13.9. The van der Waals surface area contributed by atoms with Gasteiger partial charge in [-0.1, -0.05) is 18.2 Å². The fourth-order valence-corrected chi connectivity index (χ4v) is 4.27. The molecule has 1 aliphatic rings. The van der Waals surface area contributed by atoms with E-state index in [0.717, 1.165) is 17.3 Å². The second-order valence-electron chi connectivity index (χ2n) is 7.98. The third kappa shape index (κ3) is 3.14. The van der Waals surface area contributed by atoms with Gasteiger partial charge in [-0.3, -0.25) is 9.48 Å². The third-order valence-corrected chi connectivity index (χ3v) is 5.65. The van der Waals surface area contributed by atoms with Crippen LogP contribution in [-0.4, -0.2) is 36.3 Å². The fraction of sp³-hybridized carbons (Fsp3) is 0.273. The molecule has 1 aliphatic heterocycles. The van der Waals surface area contributed by atoms with Gasteiger partial charge in [0.05, 0.1) is 11.4 Å². The van der Waals surface area contributed by atoms with Crippen LogP contribution in [0.5, 0.6) is 0 Å². The minimum Gasteiger partial charge on any atom is -0.304 e. The van der Waals surface area contributed by atoms with E-state index < -0.39 is 17.8 Å². The Morgan fingerprint density at radius 1 is 1.16 bits per heavy atom. The van der Waals surface area contributed by atoms with Gasteiger partial charge in [0.25, 0.3) is 5.91 Å². The van der Waals surface area contributed by atoms with Crippen LogP contribution in [0.4, 0.5) is 18.9 Å². The first-order valence-electron chi connectivity index (χ1n) is 10.0. The van der Waals surface area contributed by atoms with Gasteiger partial charge in [0.15, 0.2) is 17.0 Å². The molecule has 0 N–H and O–H groups in total. The Morgan fingerprint density at radius 2 is 1.91 bits per heavy atom. The summed E-state index contributed by atoms with van der Waals surface area (Å²) in [5, 5.41) is 8.20. The minimum atomic E-state index is -4.69. The van der Waals surface area contributed by atoms with Crippen LogP contribution in [-0.2, 0) is 19.6 Å². The Labute approximate surface area is 181 Å². The van der Waals surface area contributed by atoms with Crippen LogP contribution in [0.15, 0.2) is 42.6 Å². The monoisotopic (exact) mass is 440 g/mol. The van der Waals surface area contributed by atoms with Crippen molar-refractivity contribution in [2.45, 2.75) is 32.5 Å². The van der Waals surface area contributed by atoms with Crippen molar-refractivity contribution in [1.29, 1.82) is 0 Å². The van der Waals surface area contributed by atoms with Gasteiger partial charge in [-0.05, 0) is 38.0 Å². The van der Waals surface area contributed by atoms with Gasteiger partial charge >= 0.3 is 6.18 Å². The van der Waals surface area contributed by atoms with Gasteiger partial charge in [0, 0.05) is 36.6 Å². The SMILES string of the molecule is Cc1nn(C)cc1-c1cc(C(F)(F)F)n2nc(C(=O)N3c4ccccc4C[C@@H]3C)cc2n1.